The first kappa shape index (κ1) is 12.4. The highest BCUT2D eigenvalue weighted by Gasteiger charge is 1.99. The van der Waals surface area contributed by atoms with Crippen LogP contribution in [0.3, 0.4) is 0 Å². The van der Waals surface area contributed by atoms with Crippen molar-refractivity contribution < 1.29 is 19.0 Å². The normalized spacial score (nSPS) is 10.7. The van der Waals surface area contributed by atoms with E-state index in [1.165, 1.54) is 24.3 Å². The molecule has 1 N–H and O–H groups in total. The molecule has 0 radical (unpaired) electrons. The van der Waals surface area contributed by atoms with Gasteiger partial charge in [0, 0.05) is 6.08 Å². The molecule has 0 fully saturated rings. The largest absolute Gasteiger partial charge is 0.463 e. The monoisotopic (exact) mass is 224 g/mol. The number of carbonyl (C=O) groups is 1. The van der Waals surface area contributed by atoms with E-state index in [9.17, 15) is 9.18 Å². The Morgan fingerprint density at radius 2 is 2.25 bits per heavy atom. The molecule has 0 unspecified atom stereocenters. The van der Waals surface area contributed by atoms with Gasteiger partial charge in [-0.15, -0.1) is 0 Å². The second-order valence-electron chi connectivity index (χ2n) is 3.14. The molecule has 0 aliphatic carbocycles. The van der Waals surface area contributed by atoms with Crippen LogP contribution in [0.15, 0.2) is 24.3 Å². The van der Waals surface area contributed by atoms with Gasteiger partial charge >= 0.3 is 5.97 Å². The van der Waals surface area contributed by atoms with Crippen molar-refractivity contribution >= 4 is 12.0 Å². The summed E-state index contributed by atoms with van der Waals surface area (Å²) in [5.41, 5.74) is 0.973. The summed E-state index contributed by atoms with van der Waals surface area (Å²) in [6.45, 7) is 1.77. The van der Waals surface area contributed by atoms with Crippen molar-refractivity contribution in [3.05, 3.63) is 41.2 Å². The number of aliphatic hydroxyl groups excluding tert-OH is 1. The number of halogens is 1. The maximum Gasteiger partial charge on any atom is 0.330 e. The summed E-state index contributed by atoms with van der Waals surface area (Å²) in [5, 5.41) is 8.87. The first-order valence-corrected chi connectivity index (χ1v) is 4.91. The van der Waals surface area contributed by atoms with Gasteiger partial charge in [-0.3, -0.25) is 0 Å². The van der Waals surface area contributed by atoms with Crippen molar-refractivity contribution in [1.82, 2.24) is 0 Å². The number of ether oxygens (including phenoxy) is 1. The van der Waals surface area contributed by atoms with E-state index in [1.54, 1.807) is 13.0 Å². The Morgan fingerprint density at radius 1 is 1.50 bits per heavy atom. The van der Waals surface area contributed by atoms with Crippen LogP contribution in [0.25, 0.3) is 6.08 Å². The fourth-order valence-corrected chi connectivity index (χ4v) is 1.22. The van der Waals surface area contributed by atoms with Gasteiger partial charge in [-0.2, -0.15) is 0 Å². The van der Waals surface area contributed by atoms with Gasteiger partial charge in [0.1, 0.15) is 5.82 Å². The molecule has 0 amide bonds. The summed E-state index contributed by atoms with van der Waals surface area (Å²) >= 11 is 0. The molecule has 1 aromatic rings. The zero-order valence-corrected chi connectivity index (χ0v) is 8.94. The predicted molar refractivity (Wildman–Crippen MR) is 58.0 cm³/mol. The minimum absolute atomic E-state index is 0.238. The molecule has 4 heteroatoms. The van der Waals surface area contributed by atoms with Crippen molar-refractivity contribution in [2.75, 3.05) is 6.61 Å². The quantitative estimate of drug-likeness (QED) is 0.627. The number of benzene rings is 1. The minimum Gasteiger partial charge on any atom is -0.463 e. The smallest absolute Gasteiger partial charge is 0.330 e. The lowest BCUT2D eigenvalue weighted by atomic mass is 10.1. The second-order valence-corrected chi connectivity index (χ2v) is 3.14. The van der Waals surface area contributed by atoms with Gasteiger partial charge in [0.15, 0.2) is 0 Å². The molecule has 0 saturated heterocycles. The van der Waals surface area contributed by atoms with Gasteiger partial charge in [0.05, 0.1) is 13.2 Å². The van der Waals surface area contributed by atoms with E-state index < -0.39 is 11.8 Å². The fourth-order valence-electron chi connectivity index (χ4n) is 1.22. The van der Waals surface area contributed by atoms with Crippen LogP contribution in [0.4, 0.5) is 4.39 Å². The third kappa shape index (κ3) is 3.82. The molecule has 0 aromatic heterocycles. The molecule has 1 rings (SSSR count). The minimum atomic E-state index is -0.475. The summed E-state index contributed by atoms with van der Waals surface area (Å²) in [4.78, 5) is 11.0. The number of carbonyl (C=O) groups excluding carboxylic acids is 1. The van der Waals surface area contributed by atoms with Crippen molar-refractivity contribution in [1.29, 1.82) is 0 Å². The molecule has 1 aromatic carbocycles. The van der Waals surface area contributed by atoms with E-state index in [1.807, 2.05) is 0 Å². The van der Waals surface area contributed by atoms with Gasteiger partial charge in [0.2, 0.25) is 0 Å². The Bertz CT molecular complexity index is 399. The van der Waals surface area contributed by atoms with Crippen molar-refractivity contribution in [2.45, 2.75) is 13.5 Å². The number of aliphatic hydroxyl groups is 1. The molecule has 86 valence electrons. The SMILES string of the molecule is CCOC(=O)/C=C/c1cc(F)cc(CO)c1. The molecule has 0 saturated carbocycles. The first-order chi connectivity index (χ1) is 7.65. The van der Waals surface area contributed by atoms with E-state index in [0.29, 0.717) is 17.7 Å². The molecule has 16 heavy (non-hydrogen) atoms. The summed E-state index contributed by atoms with van der Waals surface area (Å²) in [6, 6.07) is 4.11. The Kier molecular flexibility index (Phi) is 4.66. The molecular formula is C12H13FO3. The molecule has 0 heterocycles. The maximum absolute atomic E-state index is 13.0. The van der Waals surface area contributed by atoms with Crippen LogP contribution in [0, 0.1) is 5.82 Å². The Balaban J connectivity index is 2.80. The highest BCUT2D eigenvalue weighted by atomic mass is 19.1. The van der Waals surface area contributed by atoms with E-state index in [2.05, 4.69) is 4.74 Å². The van der Waals surface area contributed by atoms with E-state index >= 15 is 0 Å². The lowest BCUT2D eigenvalue weighted by Crippen LogP contribution is -1.98. The average molecular weight is 224 g/mol. The number of rotatable bonds is 4. The van der Waals surface area contributed by atoms with Crippen LogP contribution in [0.2, 0.25) is 0 Å². The average Bonchev–Trinajstić information content (AvgIpc) is 2.26. The molecule has 0 aliphatic heterocycles. The standard InChI is InChI=1S/C12H13FO3/c1-2-16-12(15)4-3-9-5-10(8-14)7-11(13)6-9/h3-7,14H,2,8H2,1H3/b4-3+. The second kappa shape index (κ2) is 6.02. The van der Waals surface area contributed by atoms with Gasteiger partial charge in [-0.25, -0.2) is 9.18 Å². The fraction of sp³-hybridized carbons (Fsp3) is 0.250. The lowest BCUT2D eigenvalue weighted by molar-refractivity contribution is -0.137. The van der Waals surface area contributed by atoms with Crippen LogP contribution in [0.1, 0.15) is 18.1 Å². The number of esters is 1. The van der Waals surface area contributed by atoms with Crippen LogP contribution in [-0.2, 0) is 16.1 Å². The molecule has 0 bridgehead atoms. The van der Waals surface area contributed by atoms with Crippen LogP contribution >= 0.6 is 0 Å². The lowest BCUT2D eigenvalue weighted by Gasteiger charge is -2.00. The highest BCUT2D eigenvalue weighted by Crippen LogP contribution is 2.11. The van der Waals surface area contributed by atoms with Crippen molar-refractivity contribution in [3.8, 4) is 0 Å². The zero-order chi connectivity index (χ0) is 12.0. The third-order valence-electron chi connectivity index (χ3n) is 1.86. The highest BCUT2D eigenvalue weighted by molar-refractivity contribution is 5.87. The van der Waals surface area contributed by atoms with Crippen molar-refractivity contribution in [2.24, 2.45) is 0 Å². The predicted octanol–water partition coefficient (Wildman–Crippen LogP) is 1.89. The van der Waals surface area contributed by atoms with Gasteiger partial charge in [-0.05, 0) is 42.3 Å². The van der Waals surface area contributed by atoms with Crippen molar-refractivity contribution in [3.63, 3.8) is 0 Å². The Labute approximate surface area is 93.2 Å². The molecule has 0 aliphatic rings. The summed E-state index contributed by atoms with van der Waals surface area (Å²) in [7, 11) is 0. The van der Waals surface area contributed by atoms with Gasteiger partial charge in [-0.1, -0.05) is 0 Å². The molecular weight excluding hydrogens is 211 g/mol. The van der Waals surface area contributed by atoms with Crippen LogP contribution < -0.4 is 0 Å². The Hall–Kier alpha value is -1.68. The van der Waals surface area contributed by atoms with Crippen LogP contribution in [0.5, 0.6) is 0 Å². The third-order valence-corrected chi connectivity index (χ3v) is 1.86. The van der Waals surface area contributed by atoms with E-state index in [4.69, 9.17) is 5.11 Å². The molecule has 3 nitrogen and oxygen atoms in total. The molecule has 0 spiro atoms. The summed E-state index contributed by atoms with van der Waals surface area (Å²) in [5.74, 6) is -0.924. The number of hydrogen-bond acceptors (Lipinski definition) is 3. The van der Waals surface area contributed by atoms with Gasteiger partial charge < -0.3 is 9.84 Å². The summed E-state index contributed by atoms with van der Waals surface area (Å²) < 4.78 is 17.7. The zero-order valence-electron chi connectivity index (χ0n) is 8.94. The molecule has 0 atom stereocenters. The van der Waals surface area contributed by atoms with Gasteiger partial charge in [0.25, 0.3) is 0 Å². The first-order valence-electron chi connectivity index (χ1n) is 4.91. The van der Waals surface area contributed by atoms with E-state index in [-0.39, 0.29) is 6.61 Å². The maximum atomic E-state index is 13.0. The topological polar surface area (TPSA) is 46.5 Å². The van der Waals surface area contributed by atoms with E-state index in [0.717, 1.165) is 0 Å². The number of hydrogen-bond donors (Lipinski definition) is 1. The summed E-state index contributed by atoms with van der Waals surface area (Å²) in [6.07, 6.45) is 2.67. The van der Waals surface area contributed by atoms with Crippen LogP contribution in [-0.4, -0.2) is 17.7 Å². The Morgan fingerprint density at radius 3 is 2.88 bits per heavy atom.